The molecule has 0 aromatic heterocycles. The summed E-state index contributed by atoms with van der Waals surface area (Å²) in [5.41, 5.74) is 7.25. The van der Waals surface area contributed by atoms with E-state index in [4.69, 9.17) is 12.2 Å². The SMILES string of the molecule is Cc1ccccc1C(=O)NC(=S)NNC(=O)Cc1ccccc1. The average Bonchev–Trinajstić information content (AvgIpc) is 2.54. The van der Waals surface area contributed by atoms with E-state index in [-0.39, 0.29) is 23.3 Å². The minimum absolute atomic E-state index is 0.0414. The monoisotopic (exact) mass is 327 g/mol. The van der Waals surface area contributed by atoms with E-state index < -0.39 is 0 Å². The van der Waals surface area contributed by atoms with Gasteiger partial charge in [0.15, 0.2) is 5.11 Å². The van der Waals surface area contributed by atoms with Crippen LogP contribution in [-0.4, -0.2) is 16.9 Å². The van der Waals surface area contributed by atoms with Crippen LogP contribution in [0.4, 0.5) is 0 Å². The first-order valence-corrected chi connectivity index (χ1v) is 7.47. The van der Waals surface area contributed by atoms with Gasteiger partial charge in [-0.3, -0.25) is 25.8 Å². The van der Waals surface area contributed by atoms with Gasteiger partial charge in [0.25, 0.3) is 5.91 Å². The summed E-state index contributed by atoms with van der Waals surface area (Å²) in [7, 11) is 0. The molecule has 118 valence electrons. The Morgan fingerprint density at radius 1 is 0.957 bits per heavy atom. The Bertz CT molecular complexity index is 717. The summed E-state index contributed by atoms with van der Waals surface area (Å²) in [5.74, 6) is -0.568. The number of rotatable bonds is 3. The van der Waals surface area contributed by atoms with Crippen molar-refractivity contribution in [2.24, 2.45) is 0 Å². The Morgan fingerprint density at radius 3 is 2.30 bits per heavy atom. The third-order valence-electron chi connectivity index (χ3n) is 3.14. The average molecular weight is 327 g/mol. The predicted octanol–water partition coefficient (Wildman–Crippen LogP) is 1.87. The number of thiocarbonyl (C=S) groups is 1. The second-order valence-corrected chi connectivity index (χ2v) is 5.34. The summed E-state index contributed by atoms with van der Waals surface area (Å²) >= 11 is 5.00. The Morgan fingerprint density at radius 2 is 1.61 bits per heavy atom. The molecule has 2 aromatic rings. The van der Waals surface area contributed by atoms with Crippen LogP contribution in [0, 0.1) is 6.92 Å². The van der Waals surface area contributed by atoms with Gasteiger partial charge in [0.1, 0.15) is 0 Å². The van der Waals surface area contributed by atoms with Crippen LogP contribution < -0.4 is 16.2 Å². The zero-order valence-electron chi connectivity index (χ0n) is 12.6. The van der Waals surface area contributed by atoms with Crippen molar-refractivity contribution in [2.75, 3.05) is 0 Å². The van der Waals surface area contributed by atoms with Gasteiger partial charge < -0.3 is 0 Å². The largest absolute Gasteiger partial charge is 0.298 e. The number of hydrogen-bond donors (Lipinski definition) is 3. The number of amides is 2. The van der Waals surface area contributed by atoms with Crippen LogP contribution in [0.3, 0.4) is 0 Å². The summed E-state index contributed by atoms with van der Waals surface area (Å²) in [6.45, 7) is 1.84. The molecule has 0 heterocycles. The van der Waals surface area contributed by atoms with E-state index >= 15 is 0 Å². The van der Waals surface area contributed by atoms with E-state index in [0.29, 0.717) is 5.56 Å². The van der Waals surface area contributed by atoms with Crippen molar-refractivity contribution in [1.82, 2.24) is 16.2 Å². The van der Waals surface area contributed by atoms with Crippen molar-refractivity contribution in [3.05, 3.63) is 71.3 Å². The summed E-state index contributed by atoms with van der Waals surface area (Å²) in [6.07, 6.45) is 0.224. The molecule has 0 spiro atoms. The molecule has 0 bridgehead atoms. The maximum Gasteiger partial charge on any atom is 0.257 e. The molecule has 3 N–H and O–H groups in total. The molecule has 0 aliphatic carbocycles. The predicted molar refractivity (Wildman–Crippen MR) is 92.7 cm³/mol. The molecule has 2 amide bonds. The van der Waals surface area contributed by atoms with Gasteiger partial charge in [0.05, 0.1) is 6.42 Å². The molecule has 0 aliphatic heterocycles. The van der Waals surface area contributed by atoms with Gasteiger partial charge in [-0.15, -0.1) is 0 Å². The van der Waals surface area contributed by atoms with Crippen LogP contribution in [0.2, 0.25) is 0 Å². The van der Waals surface area contributed by atoms with Gasteiger partial charge in [-0.1, -0.05) is 48.5 Å². The van der Waals surface area contributed by atoms with E-state index in [1.165, 1.54) is 0 Å². The smallest absolute Gasteiger partial charge is 0.257 e. The lowest BCUT2D eigenvalue weighted by Crippen LogP contribution is -2.49. The molecule has 0 atom stereocenters. The number of aryl methyl sites for hydroxylation is 1. The van der Waals surface area contributed by atoms with Crippen LogP contribution in [0.15, 0.2) is 54.6 Å². The first-order chi connectivity index (χ1) is 11.1. The van der Waals surface area contributed by atoms with Crippen molar-refractivity contribution < 1.29 is 9.59 Å². The molecule has 0 radical (unpaired) electrons. The number of hydrazine groups is 1. The third-order valence-corrected chi connectivity index (χ3v) is 3.34. The summed E-state index contributed by atoms with van der Waals surface area (Å²) < 4.78 is 0. The molecule has 2 rings (SSSR count). The van der Waals surface area contributed by atoms with Gasteiger partial charge in [-0.25, -0.2) is 0 Å². The van der Waals surface area contributed by atoms with E-state index in [1.807, 2.05) is 49.4 Å². The van der Waals surface area contributed by atoms with E-state index in [9.17, 15) is 9.59 Å². The maximum absolute atomic E-state index is 12.1. The third kappa shape index (κ3) is 5.19. The van der Waals surface area contributed by atoms with Crippen molar-refractivity contribution in [3.63, 3.8) is 0 Å². The number of benzene rings is 2. The molecule has 23 heavy (non-hydrogen) atoms. The fraction of sp³-hybridized carbons (Fsp3) is 0.118. The van der Waals surface area contributed by atoms with Crippen LogP contribution in [-0.2, 0) is 11.2 Å². The van der Waals surface area contributed by atoms with Crippen molar-refractivity contribution in [3.8, 4) is 0 Å². The fourth-order valence-electron chi connectivity index (χ4n) is 1.98. The molecule has 5 nitrogen and oxygen atoms in total. The number of nitrogens with one attached hydrogen (secondary N) is 3. The highest BCUT2D eigenvalue weighted by Gasteiger charge is 2.10. The molecule has 0 aliphatic rings. The van der Waals surface area contributed by atoms with Gasteiger partial charge in [0.2, 0.25) is 5.91 Å². The minimum Gasteiger partial charge on any atom is -0.298 e. The van der Waals surface area contributed by atoms with Crippen LogP contribution in [0.5, 0.6) is 0 Å². The van der Waals surface area contributed by atoms with Gasteiger partial charge >= 0.3 is 0 Å². The van der Waals surface area contributed by atoms with Gasteiger partial charge in [-0.05, 0) is 36.3 Å². The Balaban J connectivity index is 1.80. The van der Waals surface area contributed by atoms with E-state index in [0.717, 1.165) is 11.1 Å². The van der Waals surface area contributed by atoms with Crippen LogP contribution in [0.25, 0.3) is 0 Å². The highest BCUT2D eigenvalue weighted by atomic mass is 32.1. The second kappa shape index (κ2) is 8.05. The first kappa shape index (κ1) is 16.6. The molecule has 0 fully saturated rings. The quantitative estimate of drug-likeness (QED) is 0.595. The highest BCUT2D eigenvalue weighted by Crippen LogP contribution is 2.06. The fourth-order valence-corrected chi connectivity index (χ4v) is 2.13. The Labute approximate surface area is 140 Å². The molecule has 0 saturated carbocycles. The molecule has 6 heteroatoms. The lowest BCUT2D eigenvalue weighted by Gasteiger charge is -2.11. The summed E-state index contributed by atoms with van der Waals surface area (Å²) in [4.78, 5) is 23.8. The molecular formula is C17H17N3O2S. The molecule has 0 unspecified atom stereocenters. The maximum atomic E-state index is 12.1. The zero-order valence-corrected chi connectivity index (χ0v) is 13.4. The Kier molecular flexibility index (Phi) is 5.82. The number of carbonyl (C=O) groups excluding carboxylic acids is 2. The summed E-state index contributed by atoms with van der Waals surface area (Å²) in [6, 6.07) is 16.5. The number of hydrogen-bond acceptors (Lipinski definition) is 3. The molecular weight excluding hydrogens is 310 g/mol. The van der Waals surface area contributed by atoms with Gasteiger partial charge in [-0.2, -0.15) is 0 Å². The van der Waals surface area contributed by atoms with E-state index in [2.05, 4.69) is 16.2 Å². The van der Waals surface area contributed by atoms with Crippen LogP contribution >= 0.6 is 12.2 Å². The second-order valence-electron chi connectivity index (χ2n) is 4.93. The number of carbonyl (C=O) groups is 2. The van der Waals surface area contributed by atoms with Crippen LogP contribution in [0.1, 0.15) is 21.5 Å². The topological polar surface area (TPSA) is 70.2 Å². The highest BCUT2D eigenvalue weighted by molar-refractivity contribution is 7.80. The summed E-state index contributed by atoms with van der Waals surface area (Å²) in [5, 5.41) is 2.56. The lowest BCUT2D eigenvalue weighted by molar-refractivity contribution is -0.121. The standard InChI is InChI=1S/C17H17N3O2S/c1-12-7-5-6-10-14(12)16(22)18-17(23)20-19-15(21)11-13-8-3-2-4-9-13/h2-10H,11H2,1H3,(H,19,21)(H2,18,20,22,23). The zero-order chi connectivity index (χ0) is 16.7. The lowest BCUT2D eigenvalue weighted by atomic mass is 10.1. The molecule has 0 saturated heterocycles. The van der Waals surface area contributed by atoms with Crippen molar-refractivity contribution in [1.29, 1.82) is 0 Å². The molecule has 2 aromatic carbocycles. The Hall–Kier alpha value is -2.73. The minimum atomic E-state index is -0.321. The van der Waals surface area contributed by atoms with Crippen molar-refractivity contribution in [2.45, 2.75) is 13.3 Å². The van der Waals surface area contributed by atoms with Gasteiger partial charge in [0, 0.05) is 5.56 Å². The van der Waals surface area contributed by atoms with E-state index in [1.54, 1.807) is 12.1 Å². The first-order valence-electron chi connectivity index (χ1n) is 7.06. The van der Waals surface area contributed by atoms with Crippen molar-refractivity contribution >= 4 is 29.1 Å². The normalized spacial score (nSPS) is 9.78.